The van der Waals surface area contributed by atoms with Crippen molar-refractivity contribution in [2.24, 2.45) is 5.92 Å². The first-order chi connectivity index (χ1) is 11.3. The van der Waals surface area contributed by atoms with Crippen molar-refractivity contribution in [2.75, 3.05) is 19.6 Å². The van der Waals surface area contributed by atoms with Gasteiger partial charge >= 0.3 is 0 Å². The Labute approximate surface area is 137 Å². The number of piperidine rings is 1. The highest BCUT2D eigenvalue weighted by atomic mass is 15.3. The van der Waals surface area contributed by atoms with Crippen LogP contribution in [-0.2, 0) is 26.2 Å². The third-order valence-corrected chi connectivity index (χ3v) is 5.02. The van der Waals surface area contributed by atoms with Crippen LogP contribution in [0.3, 0.4) is 0 Å². The lowest BCUT2D eigenvalue weighted by Crippen LogP contribution is -2.34. The summed E-state index contributed by atoms with van der Waals surface area (Å²) in [6.07, 6.45) is 6.61. The highest BCUT2D eigenvalue weighted by Gasteiger charge is 2.21. The van der Waals surface area contributed by atoms with Crippen molar-refractivity contribution < 1.29 is 0 Å². The average molecular weight is 314 g/mol. The average Bonchev–Trinajstić information content (AvgIpc) is 3.14. The largest absolute Gasteiger partial charge is 0.309 e. The van der Waals surface area contributed by atoms with Crippen LogP contribution in [-0.4, -0.2) is 44.1 Å². The molecule has 0 spiro atoms. The monoisotopic (exact) mass is 314 g/mol. The molecule has 124 valence electrons. The first-order valence-corrected chi connectivity index (χ1v) is 8.74. The minimum atomic E-state index is 0.755. The second-order valence-corrected chi connectivity index (χ2v) is 6.99. The molecule has 1 fully saturated rings. The standard InChI is InChI=1S/C17H26N6/c1-14-9-19-22(11-14)12-15-2-5-21(6-3-15)13-16-8-17-10-18-4-7-23(17)20-16/h8-9,11,15,18H,2-7,10,12-13H2,1H3. The van der Waals surface area contributed by atoms with E-state index in [1.807, 2.05) is 6.20 Å². The van der Waals surface area contributed by atoms with Crippen LogP contribution in [0.5, 0.6) is 0 Å². The van der Waals surface area contributed by atoms with E-state index in [1.54, 1.807) is 0 Å². The molecule has 1 N–H and O–H groups in total. The fourth-order valence-corrected chi connectivity index (χ4v) is 3.72. The van der Waals surface area contributed by atoms with Crippen molar-refractivity contribution in [1.82, 2.24) is 29.8 Å². The molecule has 0 saturated carbocycles. The van der Waals surface area contributed by atoms with Gasteiger partial charge in [-0.25, -0.2) is 0 Å². The molecule has 1 saturated heterocycles. The maximum Gasteiger partial charge on any atom is 0.0768 e. The van der Waals surface area contributed by atoms with Crippen molar-refractivity contribution in [3.8, 4) is 0 Å². The van der Waals surface area contributed by atoms with Crippen LogP contribution < -0.4 is 5.32 Å². The molecule has 0 bridgehead atoms. The highest BCUT2D eigenvalue weighted by molar-refractivity contribution is 5.12. The van der Waals surface area contributed by atoms with E-state index in [-0.39, 0.29) is 0 Å². The van der Waals surface area contributed by atoms with Gasteiger partial charge in [0.05, 0.1) is 24.1 Å². The van der Waals surface area contributed by atoms with Gasteiger partial charge in [-0.3, -0.25) is 14.3 Å². The molecule has 2 aromatic rings. The van der Waals surface area contributed by atoms with Crippen molar-refractivity contribution in [3.05, 3.63) is 35.4 Å². The number of likely N-dealkylation sites (tertiary alicyclic amines) is 1. The second kappa shape index (κ2) is 6.45. The third kappa shape index (κ3) is 3.48. The van der Waals surface area contributed by atoms with E-state index in [2.05, 4.69) is 43.9 Å². The van der Waals surface area contributed by atoms with Gasteiger partial charge in [0.15, 0.2) is 0 Å². The lowest BCUT2D eigenvalue weighted by Gasteiger charge is -2.31. The number of nitrogens with one attached hydrogen (secondary N) is 1. The van der Waals surface area contributed by atoms with Crippen LogP contribution in [0.15, 0.2) is 18.5 Å². The number of aryl methyl sites for hydroxylation is 1. The molecule has 2 aromatic heterocycles. The Bertz CT molecular complexity index is 626. The van der Waals surface area contributed by atoms with E-state index in [4.69, 9.17) is 5.10 Å². The van der Waals surface area contributed by atoms with Gasteiger partial charge < -0.3 is 5.32 Å². The minimum Gasteiger partial charge on any atom is -0.309 e. The smallest absolute Gasteiger partial charge is 0.0768 e. The molecule has 4 rings (SSSR count). The SMILES string of the molecule is Cc1cnn(CC2CCN(Cc3cc4n(n3)CCNC4)CC2)c1. The summed E-state index contributed by atoms with van der Waals surface area (Å²) in [6, 6.07) is 2.27. The lowest BCUT2D eigenvalue weighted by molar-refractivity contribution is 0.163. The number of hydrogen-bond donors (Lipinski definition) is 1. The summed E-state index contributed by atoms with van der Waals surface area (Å²) in [5.41, 5.74) is 3.81. The van der Waals surface area contributed by atoms with E-state index in [9.17, 15) is 0 Å². The molecule has 2 aliphatic heterocycles. The molecule has 0 amide bonds. The van der Waals surface area contributed by atoms with Crippen molar-refractivity contribution in [2.45, 2.75) is 45.9 Å². The maximum atomic E-state index is 4.76. The Hall–Kier alpha value is -1.66. The molecular weight excluding hydrogens is 288 g/mol. The lowest BCUT2D eigenvalue weighted by atomic mass is 9.97. The summed E-state index contributed by atoms with van der Waals surface area (Å²) in [7, 11) is 0. The van der Waals surface area contributed by atoms with Crippen LogP contribution in [0.1, 0.15) is 29.8 Å². The van der Waals surface area contributed by atoms with E-state index in [0.717, 1.165) is 38.6 Å². The van der Waals surface area contributed by atoms with E-state index in [0.29, 0.717) is 0 Å². The van der Waals surface area contributed by atoms with E-state index >= 15 is 0 Å². The van der Waals surface area contributed by atoms with Gasteiger partial charge in [-0.2, -0.15) is 10.2 Å². The molecule has 6 nitrogen and oxygen atoms in total. The molecule has 4 heterocycles. The summed E-state index contributed by atoms with van der Waals surface area (Å²) in [4.78, 5) is 2.55. The van der Waals surface area contributed by atoms with Gasteiger partial charge in [0.25, 0.3) is 0 Å². The Morgan fingerprint density at radius 1 is 1.26 bits per heavy atom. The third-order valence-electron chi connectivity index (χ3n) is 5.02. The normalized spacial score (nSPS) is 19.9. The van der Waals surface area contributed by atoms with Gasteiger partial charge in [0, 0.05) is 32.4 Å². The van der Waals surface area contributed by atoms with E-state index in [1.165, 1.54) is 42.9 Å². The Morgan fingerprint density at radius 2 is 2.13 bits per heavy atom. The zero-order valence-corrected chi connectivity index (χ0v) is 13.9. The molecule has 23 heavy (non-hydrogen) atoms. The molecule has 0 atom stereocenters. The zero-order valence-electron chi connectivity index (χ0n) is 13.9. The van der Waals surface area contributed by atoms with Gasteiger partial charge in [0.1, 0.15) is 0 Å². The number of nitrogens with zero attached hydrogens (tertiary/aromatic N) is 5. The minimum absolute atomic E-state index is 0.755. The van der Waals surface area contributed by atoms with Crippen molar-refractivity contribution in [3.63, 3.8) is 0 Å². The summed E-state index contributed by atoms with van der Waals surface area (Å²) >= 11 is 0. The predicted octanol–water partition coefficient (Wildman–Crippen LogP) is 1.40. The molecule has 0 aromatic carbocycles. The predicted molar refractivity (Wildman–Crippen MR) is 88.9 cm³/mol. The first kappa shape index (κ1) is 14.9. The second-order valence-electron chi connectivity index (χ2n) is 6.99. The highest BCUT2D eigenvalue weighted by Crippen LogP contribution is 2.21. The van der Waals surface area contributed by atoms with Gasteiger partial charge in [-0.05, 0) is 50.4 Å². The fraction of sp³-hybridized carbons (Fsp3) is 0.647. The molecule has 2 aliphatic rings. The summed E-state index contributed by atoms with van der Waals surface area (Å²) in [5.74, 6) is 0.755. The first-order valence-electron chi connectivity index (χ1n) is 8.74. The summed E-state index contributed by atoms with van der Waals surface area (Å²) in [6.45, 7) is 9.49. The zero-order chi connectivity index (χ0) is 15.6. The molecule has 0 radical (unpaired) electrons. The van der Waals surface area contributed by atoms with Crippen LogP contribution in [0.25, 0.3) is 0 Å². The Kier molecular flexibility index (Phi) is 4.18. The van der Waals surface area contributed by atoms with Crippen LogP contribution in [0, 0.1) is 12.8 Å². The van der Waals surface area contributed by atoms with Gasteiger partial charge in [-0.1, -0.05) is 0 Å². The van der Waals surface area contributed by atoms with Crippen LogP contribution in [0.4, 0.5) is 0 Å². The van der Waals surface area contributed by atoms with Crippen LogP contribution in [0.2, 0.25) is 0 Å². The van der Waals surface area contributed by atoms with Gasteiger partial charge in [-0.15, -0.1) is 0 Å². The Morgan fingerprint density at radius 3 is 2.87 bits per heavy atom. The fourth-order valence-electron chi connectivity index (χ4n) is 3.72. The van der Waals surface area contributed by atoms with Crippen LogP contribution >= 0.6 is 0 Å². The Balaban J connectivity index is 1.28. The van der Waals surface area contributed by atoms with Gasteiger partial charge in [0.2, 0.25) is 0 Å². The quantitative estimate of drug-likeness (QED) is 0.927. The summed E-state index contributed by atoms with van der Waals surface area (Å²) < 4.78 is 4.27. The van der Waals surface area contributed by atoms with Crippen molar-refractivity contribution in [1.29, 1.82) is 0 Å². The number of aromatic nitrogens is 4. The van der Waals surface area contributed by atoms with E-state index < -0.39 is 0 Å². The maximum absolute atomic E-state index is 4.76. The molecule has 0 aliphatic carbocycles. The number of rotatable bonds is 4. The topological polar surface area (TPSA) is 50.9 Å². The molecule has 0 unspecified atom stereocenters. The molecular formula is C17H26N6. The number of fused-ring (bicyclic) bond motifs is 1. The number of hydrogen-bond acceptors (Lipinski definition) is 4. The van der Waals surface area contributed by atoms with Crippen molar-refractivity contribution >= 4 is 0 Å². The summed E-state index contributed by atoms with van der Waals surface area (Å²) in [5, 5.41) is 12.6. The molecule has 6 heteroatoms.